The van der Waals surface area contributed by atoms with E-state index in [0.29, 0.717) is 17.0 Å². The Balaban J connectivity index is 1.21. The van der Waals surface area contributed by atoms with E-state index in [9.17, 15) is 14.7 Å². The van der Waals surface area contributed by atoms with Crippen molar-refractivity contribution in [3.05, 3.63) is 96.1 Å². The van der Waals surface area contributed by atoms with E-state index in [1.54, 1.807) is 18.2 Å². The zero-order chi connectivity index (χ0) is 26.5. The predicted octanol–water partition coefficient (Wildman–Crippen LogP) is 6.87. The molecule has 0 unspecified atom stereocenters. The minimum Gasteiger partial charge on any atom is -0.478 e. The number of hydrogen-bond acceptors (Lipinski definition) is 5. The van der Waals surface area contributed by atoms with Gasteiger partial charge in [-0.15, -0.1) is 11.8 Å². The summed E-state index contributed by atoms with van der Waals surface area (Å²) in [5, 5.41) is 14.9. The first-order chi connectivity index (χ1) is 18.4. The maximum atomic E-state index is 12.5. The van der Waals surface area contributed by atoms with Crippen LogP contribution in [0.5, 0.6) is 11.5 Å². The van der Waals surface area contributed by atoms with Gasteiger partial charge in [0.05, 0.1) is 17.7 Å². The van der Waals surface area contributed by atoms with Crippen LogP contribution in [0.1, 0.15) is 41.6 Å². The molecule has 0 saturated heterocycles. The second kappa shape index (κ2) is 11.7. The number of thioether (sulfide) groups is 1. The lowest BCUT2D eigenvalue weighted by Gasteiger charge is -2.25. The number of aromatic carboxylic acids is 1. The fourth-order valence-electron chi connectivity index (χ4n) is 4.71. The number of hydrogen-bond donors (Lipinski definition) is 3. The highest BCUT2D eigenvalue weighted by Gasteiger charge is 2.19. The molecule has 4 aromatic carbocycles. The van der Waals surface area contributed by atoms with Gasteiger partial charge in [-0.25, -0.2) is 4.79 Å². The Morgan fingerprint density at radius 2 is 1.58 bits per heavy atom. The van der Waals surface area contributed by atoms with Gasteiger partial charge in [-0.2, -0.15) is 0 Å². The Kier molecular flexibility index (Phi) is 7.96. The second-order valence-electron chi connectivity index (χ2n) is 9.65. The number of para-hydroxylation sites is 1. The number of amides is 1. The van der Waals surface area contributed by atoms with E-state index in [1.807, 2.05) is 42.1 Å². The number of carbonyl (C=O) groups excluding carboxylic acids is 1. The number of rotatable bonds is 8. The van der Waals surface area contributed by atoms with Gasteiger partial charge in [-0.3, -0.25) is 4.79 Å². The maximum Gasteiger partial charge on any atom is 0.337 e. The Morgan fingerprint density at radius 3 is 2.34 bits per heavy atom. The van der Waals surface area contributed by atoms with Crippen LogP contribution in [0.2, 0.25) is 0 Å². The van der Waals surface area contributed by atoms with Crippen LogP contribution in [0, 0.1) is 0 Å². The van der Waals surface area contributed by atoms with Crippen LogP contribution in [0.15, 0.2) is 89.8 Å². The van der Waals surface area contributed by atoms with Gasteiger partial charge in [0.2, 0.25) is 5.91 Å². The van der Waals surface area contributed by atoms with Crippen molar-refractivity contribution < 1.29 is 19.4 Å². The van der Waals surface area contributed by atoms with Crippen LogP contribution < -0.4 is 15.8 Å². The first kappa shape index (κ1) is 25.8. The Hall–Kier alpha value is -3.81. The quantitative estimate of drug-likeness (QED) is 0.231. The first-order valence-corrected chi connectivity index (χ1v) is 13.7. The number of carboxylic acid groups (broad SMARTS) is 1. The molecule has 4 aromatic rings. The molecule has 1 fully saturated rings. The summed E-state index contributed by atoms with van der Waals surface area (Å²) in [5.41, 5.74) is 7.20. The third-order valence-electron chi connectivity index (χ3n) is 6.76. The monoisotopic (exact) mass is 526 g/mol. The highest BCUT2D eigenvalue weighted by Crippen LogP contribution is 2.35. The standard InChI is InChI=1S/C31H30N2O4S/c32-23-9-15-26(16-10-23)38-27-14-8-21-7-13-25(18-22(21)19-27)37-24-11-5-20(6-12-24)17-30(34)33-29-4-2-1-3-28(29)31(35)36/h1-8,11-14,18-19,23,26H,9-10,15-17,32H2,(H,33,34)(H,35,36). The molecule has 0 aromatic heterocycles. The van der Waals surface area contributed by atoms with Gasteiger partial charge in [0, 0.05) is 16.2 Å². The molecule has 1 amide bonds. The summed E-state index contributed by atoms with van der Waals surface area (Å²) in [4.78, 5) is 25.1. The fraction of sp³-hybridized carbons (Fsp3) is 0.226. The van der Waals surface area contributed by atoms with Gasteiger partial charge in [0.1, 0.15) is 11.5 Å². The van der Waals surface area contributed by atoms with Crippen LogP contribution in [-0.2, 0) is 11.2 Å². The Morgan fingerprint density at radius 1 is 0.868 bits per heavy atom. The summed E-state index contributed by atoms with van der Waals surface area (Å²) in [6.07, 6.45) is 4.66. The first-order valence-electron chi connectivity index (χ1n) is 12.8. The molecule has 0 heterocycles. The SMILES string of the molecule is NC1CCC(Sc2ccc3ccc(Oc4ccc(CC(=O)Nc5ccccc5C(=O)O)cc4)cc3c2)CC1. The number of nitrogens with one attached hydrogen (secondary N) is 1. The highest BCUT2D eigenvalue weighted by molar-refractivity contribution is 8.00. The van der Waals surface area contributed by atoms with E-state index in [-0.39, 0.29) is 23.6 Å². The largest absolute Gasteiger partial charge is 0.478 e. The lowest BCUT2D eigenvalue weighted by molar-refractivity contribution is -0.115. The van der Waals surface area contributed by atoms with Crippen molar-refractivity contribution in [1.29, 1.82) is 0 Å². The number of ether oxygens (including phenoxy) is 1. The van der Waals surface area contributed by atoms with Crippen LogP contribution in [0.25, 0.3) is 10.8 Å². The third-order valence-corrected chi connectivity index (χ3v) is 8.09. The van der Waals surface area contributed by atoms with Gasteiger partial charge in [0.25, 0.3) is 0 Å². The van der Waals surface area contributed by atoms with Crippen LogP contribution in [0.4, 0.5) is 5.69 Å². The summed E-state index contributed by atoms with van der Waals surface area (Å²) in [6.45, 7) is 0. The van der Waals surface area contributed by atoms with Gasteiger partial charge in [-0.1, -0.05) is 36.4 Å². The number of carboxylic acids is 1. The van der Waals surface area contributed by atoms with Crippen LogP contribution in [0.3, 0.4) is 0 Å². The predicted molar refractivity (Wildman–Crippen MR) is 152 cm³/mol. The lowest BCUT2D eigenvalue weighted by Crippen LogP contribution is -2.27. The molecule has 6 nitrogen and oxygen atoms in total. The Bertz CT molecular complexity index is 1450. The number of fused-ring (bicyclic) bond motifs is 1. The van der Waals surface area contributed by atoms with E-state index in [0.717, 1.165) is 34.9 Å². The molecular formula is C31H30N2O4S. The summed E-state index contributed by atoms with van der Waals surface area (Å²) in [5.74, 6) is 0.0556. The van der Waals surface area contributed by atoms with Crippen molar-refractivity contribution in [2.45, 2.75) is 48.3 Å². The molecule has 5 rings (SSSR count). The summed E-state index contributed by atoms with van der Waals surface area (Å²) >= 11 is 1.94. The van der Waals surface area contributed by atoms with Crippen molar-refractivity contribution in [2.75, 3.05) is 5.32 Å². The van der Waals surface area contributed by atoms with Crippen molar-refractivity contribution in [3.8, 4) is 11.5 Å². The zero-order valence-corrected chi connectivity index (χ0v) is 21.7. The number of carbonyl (C=O) groups is 2. The van der Waals surface area contributed by atoms with Gasteiger partial charge < -0.3 is 20.9 Å². The molecular weight excluding hydrogens is 496 g/mol. The molecule has 1 aliphatic carbocycles. The molecule has 0 spiro atoms. The minimum absolute atomic E-state index is 0.0596. The third kappa shape index (κ3) is 6.54. The van der Waals surface area contributed by atoms with Crippen molar-refractivity contribution in [2.24, 2.45) is 5.73 Å². The summed E-state index contributed by atoms with van der Waals surface area (Å²) < 4.78 is 6.10. The zero-order valence-electron chi connectivity index (χ0n) is 20.9. The fourth-order valence-corrected chi connectivity index (χ4v) is 5.94. The minimum atomic E-state index is -1.08. The van der Waals surface area contributed by atoms with E-state index >= 15 is 0 Å². The second-order valence-corrected chi connectivity index (χ2v) is 11.0. The highest BCUT2D eigenvalue weighted by atomic mass is 32.2. The molecule has 4 N–H and O–H groups in total. The Labute approximate surface area is 226 Å². The lowest BCUT2D eigenvalue weighted by atomic mass is 9.96. The van der Waals surface area contributed by atoms with E-state index in [4.69, 9.17) is 10.5 Å². The molecule has 0 atom stereocenters. The summed E-state index contributed by atoms with van der Waals surface area (Å²) in [7, 11) is 0. The molecule has 0 bridgehead atoms. The average Bonchev–Trinajstić information content (AvgIpc) is 2.91. The molecule has 0 aliphatic heterocycles. The smallest absolute Gasteiger partial charge is 0.337 e. The molecule has 1 aliphatic rings. The maximum absolute atomic E-state index is 12.5. The topological polar surface area (TPSA) is 102 Å². The van der Waals surface area contributed by atoms with Gasteiger partial charge in [-0.05, 0) is 90.6 Å². The number of nitrogens with two attached hydrogens (primary N) is 1. The van der Waals surface area contributed by atoms with Crippen molar-refractivity contribution >= 4 is 40.1 Å². The number of anilines is 1. The molecule has 194 valence electrons. The van der Waals surface area contributed by atoms with E-state index < -0.39 is 5.97 Å². The van der Waals surface area contributed by atoms with Crippen LogP contribution in [-0.4, -0.2) is 28.3 Å². The van der Waals surface area contributed by atoms with Gasteiger partial charge >= 0.3 is 5.97 Å². The van der Waals surface area contributed by atoms with E-state index in [1.165, 1.54) is 23.8 Å². The molecule has 1 saturated carbocycles. The molecule has 38 heavy (non-hydrogen) atoms. The normalized spacial score (nSPS) is 17.2. The van der Waals surface area contributed by atoms with Crippen molar-refractivity contribution in [3.63, 3.8) is 0 Å². The molecule has 0 radical (unpaired) electrons. The van der Waals surface area contributed by atoms with Crippen LogP contribution >= 0.6 is 11.8 Å². The van der Waals surface area contributed by atoms with E-state index in [2.05, 4.69) is 35.6 Å². The van der Waals surface area contributed by atoms with Gasteiger partial charge in [0.15, 0.2) is 0 Å². The average molecular weight is 527 g/mol. The van der Waals surface area contributed by atoms with Crippen molar-refractivity contribution in [1.82, 2.24) is 0 Å². The number of benzene rings is 4. The summed E-state index contributed by atoms with van der Waals surface area (Å²) in [6, 6.07) is 26.7. The molecule has 7 heteroatoms.